The minimum Gasteiger partial charge on any atom is -1.00 e. The van der Waals surface area contributed by atoms with Crippen LogP contribution in [-0.4, -0.2) is 34.6 Å². The Morgan fingerprint density at radius 2 is 1.50 bits per heavy atom. The number of carboxylic acid groups (broad SMARTS) is 1. The maximum absolute atomic E-state index is 8.36. The van der Waals surface area contributed by atoms with E-state index in [1.165, 1.54) is 0 Å². The van der Waals surface area contributed by atoms with Crippen LogP contribution in [0.2, 0.25) is 0 Å². The summed E-state index contributed by atoms with van der Waals surface area (Å²) in [6, 6.07) is 0. The summed E-state index contributed by atoms with van der Waals surface area (Å²) in [6.07, 6.45) is 0. The van der Waals surface area contributed by atoms with E-state index in [-0.39, 0.29) is 53.9 Å². The molecule has 0 radical (unpaired) electrons. The molecule has 0 unspecified atom stereocenters. The fraction of sp³-hybridized carbons (Fsp3) is 0. The summed E-state index contributed by atoms with van der Waals surface area (Å²) >= 11 is 0. The minimum absolute atomic E-state index is 0. The zero-order valence-corrected chi connectivity index (χ0v) is 6.52. The molecule has 0 rings (SSSR count). The number of rotatable bonds is 0. The smallest absolute Gasteiger partial charge is 1.00 e. The summed E-state index contributed by atoms with van der Waals surface area (Å²) in [5.74, 6) is 0. The molecule has 0 aromatic rings. The van der Waals surface area contributed by atoms with Crippen molar-refractivity contribution in [3.63, 3.8) is 0 Å². The van der Waals surface area contributed by atoms with Gasteiger partial charge in [-0.25, -0.2) is 0 Å². The van der Waals surface area contributed by atoms with Gasteiger partial charge in [0.2, 0.25) is 0 Å². The van der Waals surface area contributed by atoms with Crippen molar-refractivity contribution in [3.8, 4) is 0 Å². The molecule has 0 bridgehead atoms. The molecule has 0 aliphatic heterocycles. The fourth-order valence-corrected chi connectivity index (χ4v) is 0. The van der Waals surface area contributed by atoms with Gasteiger partial charge in [-0.15, -0.1) is 0 Å². The molecule has 0 saturated carbocycles. The Balaban J connectivity index is -0.00000000667. The van der Waals surface area contributed by atoms with Crippen molar-refractivity contribution in [3.05, 3.63) is 7.43 Å². The van der Waals surface area contributed by atoms with Gasteiger partial charge in [0.15, 0.2) is 0 Å². The van der Waals surface area contributed by atoms with Crippen molar-refractivity contribution in [2.45, 2.75) is 0 Å². The Kier molecular flexibility index (Phi) is 214. The molecule has 0 amide bonds. The molecule has 0 aromatic heterocycles. The zero-order chi connectivity index (χ0) is 2.71. The summed E-state index contributed by atoms with van der Waals surface area (Å²) in [5.41, 5.74) is 0. The van der Waals surface area contributed by atoms with Crippen LogP contribution >= 0.6 is 0 Å². The first kappa shape index (κ1) is 29.7. The van der Waals surface area contributed by atoms with E-state index >= 15 is 0 Å². The number of hydrogen-bond donors (Lipinski definition) is 1. The van der Waals surface area contributed by atoms with Gasteiger partial charge in [-0.05, 0) is 0 Å². The van der Waals surface area contributed by atoms with Crippen LogP contribution in [0.4, 0.5) is 0 Å². The molecular weight excluding hydrogens is 160 g/mol. The van der Waals surface area contributed by atoms with E-state index in [9.17, 15) is 0 Å². The summed E-state index contributed by atoms with van der Waals surface area (Å²) in [4.78, 5) is 8.36. The van der Waals surface area contributed by atoms with Gasteiger partial charge in [0, 0.05) is 0 Å². The molecule has 0 atom stereocenters. The Bertz CT molecular complexity index is 19.0. The second-order valence-electron chi connectivity index (χ2n) is 0.105. The Labute approximate surface area is 63.8 Å². The van der Waals surface area contributed by atoms with Crippen LogP contribution in [0.15, 0.2) is 0 Å². The first-order valence-corrected chi connectivity index (χ1v) is 0.494. The van der Waals surface area contributed by atoms with Crippen LogP contribution in [0.25, 0.3) is 0 Å². The standard InChI is InChI=1S/CH2O2.CH3.BrH.Mg/c2-1-3;;;/h1H,(H,2,3);1H3;1H;/q;-1;;+2/p-1. The molecule has 0 spiro atoms. The molecule has 0 aliphatic carbocycles. The number of halogens is 1. The van der Waals surface area contributed by atoms with E-state index in [1.54, 1.807) is 0 Å². The van der Waals surface area contributed by atoms with Crippen molar-refractivity contribution in [2.75, 3.05) is 0 Å². The molecule has 0 aromatic carbocycles. The van der Waals surface area contributed by atoms with Gasteiger partial charge in [-0.3, -0.25) is 4.79 Å². The van der Waals surface area contributed by atoms with Crippen LogP contribution in [0.5, 0.6) is 0 Å². The molecule has 34 valence electrons. The van der Waals surface area contributed by atoms with E-state index in [0.717, 1.165) is 0 Å². The third kappa shape index (κ3) is 127. The minimum atomic E-state index is -0.250. The third-order valence-corrected chi connectivity index (χ3v) is 0. The summed E-state index contributed by atoms with van der Waals surface area (Å²) < 4.78 is 0. The van der Waals surface area contributed by atoms with E-state index in [0.29, 0.717) is 0 Å². The van der Waals surface area contributed by atoms with Gasteiger partial charge in [-0.1, -0.05) is 0 Å². The largest absolute Gasteiger partial charge is 2.00 e. The second-order valence-corrected chi connectivity index (χ2v) is 0.105. The quantitative estimate of drug-likeness (QED) is 0.233. The van der Waals surface area contributed by atoms with Gasteiger partial charge in [0.1, 0.15) is 0 Å². The summed E-state index contributed by atoms with van der Waals surface area (Å²) in [7, 11) is 0. The third-order valence-electron chi connectivity index (χ3n) is 0. The summed E-state index contributed by atoms with van der Waals surface area (Å²) in [6.45, 7) is -0.250. The zero-order valence-electron chi connectivity index (χ0n) is 3.52. The van der Waals surface area contributed by atoms with Crippen LogP contribution in [0.1, 0.15) is 0 Å². The SMILES string of the molecule is O=CO.[Br-].[CH3-].[Mg+2]. The van der Waals surface area contributed by atoms with E-state index < -0.39 is 0 Å². The molecule has 6 heavy (non-hydrogen) atoms. The molecular formula is C2H5BrMgO2. The van der Waals surface area contributed by atoms with Crippen LogP contribution < -0.4 is 17.0 Å². The van der Waals surface area contributed by atoms with E-state index in [2.05, 4.69) is 0 Å². The maximum Gasteiger partial charge on any atom is 2.00 e. The molecule has 4 heteroatoms. The average Bonchev–Trinajstić information content (AvgIpc) is 0.918. The molecule has 0 heterocycles. The molecule has 2 nitrogen and oxygen atoms in total. The molecule has 0 fully saturated rings. The molecule has 0 aliphatic rings. The predicted molar refractivity (Wildman–Crippen MR) is 20.9 cm³/mol. The van der Waals surface area contributed by atoms with Gasteiger partial charge in [-0.2, -0.15) is 0 Å². The van der Waals surface area contributed by atoms with Crippen molar-refractivity contribution < 1.29 is 26.9 Å². The Morgan fingerprint density at radius 3 is 1.50 bits per heavy atom. The van der Waals surface area contributed by atoms with Gasteiger partial charge >= 0.3 is 23.1 Å². The topological polar surface area (TPSA) is 37.3 Å². The predicted octanol–water partition coefficient (Wildman–Crippen LogP) is -3.23. The summed E-state index contributed by atoms with van der Waals surface area (Å²) in [5, 5.41) is 6.89. The van der Waals surface area contributed by atoms with E-state index in [1.807, 2.05) is 0 Å². The fourth-order valence-electron chi connectivity index (χ4n) is 0. The number of hydrogen-bond acceptors (Lipinski definition) is 1. The monoisotopic (exact) mass is 164 g/mol. The van der Waals surface area contributed by atoms with Gasteiger partial charge < -0.3 is 29.5 Å². The average molecular weight is 165 g/mol. The Hall–Kier alpha value is 0.716. The van der Waals surface area contributed by atoms with Crippen LogP contribution in [0.3, 0.4) is 0 Å². The van der Waals surface area contributed by atoms with Gasteiger partial charge in [0.05, 0.1) is 0 Å². The first-order valence-electron chi connectivity index (χ1n) is 0.494. The number of carbonyl (C=O) groups is 1. The van der Waals surface area contributed by atoms with Crippen molar-refractivity contribution in [1.82, 2.24) is 0 Å². The first-order chi connectivity index (χ1) is 1.41. The van der Waals surface area contributed by atoms with Crippen molar-refractivity contribution in [1.29, 1.82) is 0 Å². The molecule has 1 N–H and O–H groups in total. The maximum atomic E-state index is 8.36. The molecule has 0 saturated heterocycles. The second kappa shape index (κ2) is 43.2. The van der Waals surface area contributed by atoms with Crippen LogP contribution in [-0.2, 0) is 4.79 Å². The van der Waals surface area contributed by atoms with Gasteiger partial charge in [0.25, 0.3) is 6.47 Å². The van der Waals surface area contributed by atoms with Crippen molar-refractivity contribution >= 4 is 29.5 Å². The van der Waals surface area contributed by atoms with Crippen LogP contribution in [0, 0.1) is 7.43 Å². The van der Waals surface area contributed by atoms with E-state index in [4.69, 9.17) is 9.90 Å². The van der Waals surface area contributed by atoms with Crippen molar-refractivity contribution in [2.24, 2.45) is 0 Å². The normalized spacial score (nSPS) is 2.00. The Morgan fingerprint density at radius 1 is 1.50 bits per heavy atom.